The van der Waals surface area contributed by atoms with Crippen LogP contribution in [0.3, 0.4) is 0 Å². The van der Waals surface area contributed by atoms with Crippen LogP contribution in [0.25, 0.3) is 11.0 Å². The largest absolute Gasteiger partial charge is 0.349 e. The lowest BCUT2D eigenvalue weighted by Gasteiger charge is -2.14. The van der Waals surface area contributed by atoms with Crippen LogP contribution in [0.1, 0.15) is 29.5 Å². The molecule has 1 atom stereocenters. The van der Waals surface area contributed by atoms with E-state index in [1.807, 2.05) is 61.0 Å². The zero-order valence-electron chi connectivity index (χ0n) is 14.9. The van der Waals surface area contributed by atoms with Gasteiger partial charge in [0.05, 0.1) is 17.6 Å². The maximum Gasteiger partial charge on any atom is 0.251 e. The normalized spacial score (nSPS) is 11.9. The Morgan fingerprint density at radius 1 is 1.08 bits per heavy atom. The van der Waals surface area contributed by atoms with E-state index in [1.54, 1.807) is 12.1 Å². The van der Waals surface area contributed by atoms with Crippen LogP contribution in [0.15, 0.2) is 54.6 Å². The minimum atomic E-state index is -0.261. The number of aryl methyl sites for hydroxylation is 1. The summed E-state index contributed by atoms with van der Waals surface area (Å²) < 4.78 is 1.97. The Hall–Kier alpha value is -3.15. The van der Waals surface area contributed by atoms with Gasteiger partial charge in [0.2, 0.25) is 5.91 Å². The van der Waals surface area contributed by atoms with Crippen LogP contribution >= 0.6 is 0 Å². The number of nitrogens with one attached hydrogen (secondary N) is 2. The average Bonchev–Trinajstić information content (AvgIpc) is 2.97. The van der Waals surface area contributed by atoms with Gasteiger partial charge in [-0.25, -0.2) is 4.98 Å². The fourth-order valence-electron chi connectivity index (χ4n) is 2.83. The molecule has 0 fully saturated rings. The van der Waals surface area contributed by atoms with Gasteiger partial charge in [0, 0.05) is 25.1 Å². The number of fused-ring (bicyclic) bond motifs is 1. The third-order valence-electron chi connectivity index (χ3n) is 4.23. The zero-order chi connectivity index (χ0) is 18.5. The molecule has 1 unspecified atom stereocenters. The molecule has 0 saturated carbocycles. The molecule has 0 aliphatic carbocycles. The van der Waals surface area contributed by atoms with Crippen molar-refractivity contribution in [2.24, 2.45) is 7.05 Å². The van der Waals surface area contributed by atoms with Crippen LogP contribution in [0, 0.1) is 0 Å². The Morgan fingerprint density at radius 2 is 1.77 bits per heavy atom. The lowest BCUT2D eigenvalue weighted by atomic mass is 10.1. The van der Waals surface area contributed by atoms with E-state index in [9.17, 15) is 9.59 Å². The van der Waals surface area contributed by atoms with E-state index >= 15 is 0 Å². The molecule has 1 aromatic heterocycles. The van der Waals surface area contributed by atoms with E-state index in [1.165, 1.54) is 0 Å². The van der Waals surface area contributed by atoms with Crippen LogP contribution in [0.2, 0.25) is 0 Å². The van der Waals surface area contributed by atoms with Gasteiger partial charge in [-0.05, 0) is 31.2 Å². The van der Waals surface area contributed by atoms with Gasteiger partial charge in [-0.15, -0.1) is 0 Å². The summed E-state index contributed by atoms with van der Waals surface area (Å²) in [5, 5.41) is 5.71. The molecule has 2 amide bonds. The molecule has 0 spiro atoms. The number of nitrogens with zero attached hydrogens (tertiary/aromatic N) is 2. The summed E-state index contributed by atoms with van der Waals surface area (Å²) in [5.74, 6) is 0.486. The smallest absolute Gasteiger partial charge is 0.251 e. The Bertz CT molecular complexity index is 918. The first-order chi connectivity index (χ1) is 12.5. The predicted octanol–water partition coefficient (Wildman–Crippen LogP) is 2.40. The first-order valence-corrected chi connectivity index (χ1v) is 8.57. The van der Waals surface area contributed by atoms with Crippen molar-refractivity contribution in [2.75, 3.05) is 0 Å². The molecule has 2 N–H and O–H groups in total. The van der Waals surface area contributed by atoms with Crippen molar-refractivity contribution in [2.45, 2.75) is 25.9 Å². The van der Waals surface area contributed by atoms with E-state index < -0.39 is 0 Å². The molecule has 2 aromatic carbocycles. The minimum Gasteiger partial charge on any atom is -0.349 e. The van der Waals surface area contributed by atoms with Gasteiger partial charge in [-0.2, -0.15) is 0 Å². The third-order valence-corrected chi connectivity index (χ3v) is 4.23. The van der Waals surface area contributed by atoms with E-state index in [0.29, 0.717) is 12.1 Å². The number of para-hydroxylation sites is 2. The monoisotopic (exact) mass is 350 g/mol. The number of benzene rings is 2. The standard InChI is InChI=1S/C20H22N4O2/c1-14(22-20(26)15-8-4-3-5-9-15)12-19(25)21-13-18-23-16-10-6-7-11-17(16)24(18)2/h3-11,14H,12-13H2,1-2H3,(H,21,25)(H,22,26). The highest BCUT2D eigenvalue weighted by Gasteiger charge is 2.14. The Balaban J connectivity index is 1.52. The second-order valence-corrected chi connectivity index (χ2v) is 6.30. The Kier molecular flexibility index (Phi) is 5.31. The minimum absolute atomic E-state index is 0.127. The fraction of sp³-hybridized carbons (Fsp3) is 0.250. The average molecular weight is 350 g/mol. The highest BCUT2D eigenvalue weighted by molar-refractivity contribution is 5.94. The van der Waals surface area contributed by atoms with Crippen molar-refractivity contribution in [3.63, 3.8) is 0 Å². The molecule has 134 valence electrons. The van der Waals surface area contributed by atoms with Gasteiger partial charge in [0.15, 0.2) is 0 Å². The lowest BCUT2D eigenvalue weighted by molar-refractivity contribution is -0.121. The van der Waals surface area contributed by atoms with Crippen molar-refractivity contribution < 1.29 is 9.59 Å². The number of hydrogen-bond acceptors (Lipinski definition) is 3. The summed E-state index contributed by atoms with van der Waals surface area (Å²) in [6.45, 7) is 2.17. The van der Waals surface area contributed by atoms with Crippen LogP contribution in [-0.4, -0.2) is 27.4 Å². The highest BCUT2D eigenvalue weighted by atomic mass is 16.2. The number of hydrogen-bond donors (Lipinski definition) is 2. The number of imidazole rings is 1. The maximum absolute atomic E-state index is 12.2. The molecule has 3 aromatic rings. The van der Waals surface area contributed by atoms with Gasteiger partial charge in [0.25, 0.3) is 5.91 Å². The van der Waals surface area contributed by atoms with Gasteiger partial charge in [-0.1, -0.05) is 30.3 Å². The topological polar surface area (TPSA) is 76.0 Å². The molecule has 0 bridgehead atoms. The number of amides is 2. The molecule has 6 nitrogen and oxygen atoms in total. The summed E-state index contributed by atoms with van der Waals surface area (Å²) in [4.78, 5) is 28.8. The molecule has 0 aliphatic rings. The molecule has 1 heterocycles. The third kappa shape index (κ3) is 4.08. The summed E-state index contributed by atoms with van der Waals surface area (Å²) in [6, 6.07) is 16.5. The molecule has 3 rings (SSSR count). The second-order valence-electron chi connectivity index (χ2n) is 6.30. The Labute approximate surface area is 152 Å². The molecule has 6 heteroatoms. The summed E-state index contributed by atoms with van der Waals surface area (Å²) in [6.07, 6.45) is 0.211. The summed E-state index contributed by atoms with van der Waals surface area (Å²) in [7, 11) is 1.93. The zero-order valence-corrected chi connectivity index (χ0v) is 14.9. The van der Waals surface area contributed by atoms with Crippen LogP contribution in [0.4, 0.5) is 0 Å². The van der Waals surface area contributed by atoms with E-state index in [4.69, 9.17) is 0 Å². The number of aromatic nitrogens is 2. The summed E-state index contributed by atoms with van der Waals surface area (Å²) >= 11 is 0. The van der Waals surface area contributed by atoms with Crippen LogP contribution < -0.4 is 10.6 Å². The van der Waals surface area contributed by atoms with Crippen molar-refractivity contribution >= 4 is 22.8 Å². The fourth-order valence-corrected chi connectivity index (χ4v) is 2.83. The maximum atomic E-state index is 12.2. The second kappa shape index (κ2) is 7.82. The van der Waals surface area contributed by atoms with Crippen molar-refractivity contribution in [1.82, 2.24) is 20.2 Å². The van der Waals surface area contributed by atoms with Crippen LogP contribution in [-0.2, 0) is 18.4 Å². The van der Waals surface area contributed by atoms with E-state index in [2.05, 4.69) is 15.6 Å². The van der Waals surface area contributed by atoms with Crippen molar-refractivity contribution in [3.05, 3.63) is 66.0 Å². The highest BCUT2D eigenvalue weighted by Crippen LogP contribution is 2.13. The first kappa shape index (κ1) is 17.7. The van der Waals surface area contributed by atoms with Gasteiger partial charge < -0.3 is 15.2 Å². The van der Waals surface area contributed by atoms with E-state index in [-0.39, 0.29) is 24.3 Å². The predicted molar refractivity (Wildman–Crippen MR) is 101 cm³/mol. The number of carbonyl (C=O) groups excluding carboxylic acids is 2. The Morgan fingerprint density at radius 3 is 2.50 bits per heavy atom. The number of carbonyl (C=O) groups is 2. The SMILES string of the molecule is CC(CC(=O)NCc1nc2ccccc2n1C)NC(=O)c1ccccc1. The molecule has 0 radical (unpaired) electrons. The lowest BCUT2D eigenvalue weighted by Crippen LogP contribution is -2.37. The molecule has 0 aliphatic heterocycles. The van der Waals surface area contributed by atoms with Crippen molar-refractivity contribution in [1.29, 1.82) is 0 Å². The van der Waals surface area contributed by atoms with Crippen molar-refractivity contribution in [3.8, 4) is 0 Å². The van der Waals surface area contributed by atoms with Gasteiger partial charge in [-0.3, -0.25) is 9.59 Å². The van der Waals surface area contributed by atoms with Gasteiger partial charge >= 0.3 is 0 Å². The molecular formula is C20H22N4O2. The number of rotatable bonds is 6. The molecule has 0 saturated heterocycles. The summed E-state index contributed by atoms with van der Waals surface area (Å²) in [5.41, 5.74) is 2.52. The quantitative estimate of drug-likeness (QED) is 0.717. The molecule has 26 heavy (non-hydrogen) atoms. The van der Waals surface area contributed by atoms with Gasteiger partial charge in [0.1, 0.15) is 5.82 Å². The van der Waals surface area contributed by atoms with E-state index in [0.717, 1.165) is 16.9 Å². The first-order valence-electron chi connectivity index (χ1n) is 8.57. The van der Waals surface area contributed by atoms with Crippen LogP contribution in [0.5, 0.6) is 0 Å². The molecular weight excluding hydrogens is 328 g/mol.